The molecule has 0 saturated carbocycles. The molecule has 1 atom stereocenters. The fourth-order valence-electron chi connectivity index (χ4n) is 3.62. The number of hydrogen-bond acceptors (Lipinski definition) is 6. The Morgan fingerprint density at radius 2 is 2.00 bits per heavy atom. The molecule has 3 heterocycles. The Bertz CT molecular complexity index is 1060. The minimum absolute atomic E-state index is 0.298. The van der Waals surface area contributed by atoms with Crippen molar-refractivity contribution in [1.29, 1.82) is 0 Å². The normalized spacial score (nSPS) is 16.6. The van der Waals surface area contributed by atoms with E-state index in [1.807, 2.05) is 49.4 Å². The average molecular weight is 387 g/mol. The molecule has 0 bridgehead atoms. The van der Waals surface area contributed by atoms with Crippen LogP contribution in [0.25, 0.3) is 11.3 Å². The third-order valence-electron chi connectivity index (χ3n) is 4.80. The fourth-order valence-corrected chi connectivity index (χ4v) is 3.62. The summed E-state index contributed by atoms with van der Waals surface area (Å²) in [6, 6.07) is 13.6. The maximum atomic E-state index is 13.0. The molecular weight excluding hydrogens is 366 g/mol. The van der Waals surface area contributed by atoms with E-state index >= 15 is 0 Å². The highest BCUT2D eigenvalue weighted by atomic mass is 16.5. The van der Waals surface area contributed by atoms with Gasteiger partial charge in [-0.1, -0.05) is 30.3 Å². The van der Waals surface area contributed by atoms with Gasteiger partial charge in [-0.3, -0.25) is 9.97 Å². The molecule has 29 heavy (non-hydrogen) atoms. The molecule has 3 aromatic rings. The molecule has 2 aromatic heterocycles. The van der Waals surface area contributed by atoms with Gasteiger partial charge in [-0.05, 0) is 31.5 Å². The minimum Gasteiger partial charge on any atom is -0.463 e. The number of carbonyl (C=O) groups excluding carboxylic acids is 1. The number of carbonyl (C=O) groups is 1. The van der Waals surface area contributed by atoms with E-state index in [2.05, 4.69) is 15.3 Å². The number of hydrogen-bond donors (Lipinski definition) is 1. The van der Waals surface area contributed by atoms with E-state index in [1.54, 1.807) is 31.8 Å². The lowest BCUT2D eigenvalue weighted by atomic mass is 9.78. The Balaban J connectivity index is 1.99. The van der Waals surface area contributed by atoms with Gasteiger partial charge in [-0.15, -0.1) is 0 Å². The number of nitrogens with zero attached hydrogens (tertiary/aromatic N) is 2. The minimum atomic E-state index is -0.381. The molecule has 0 saturated heterocycles. The van der Waals surface area contributed by atoms with E-state index in [-0.39, 0.29) is 11.9 Å². The highest BCUT2D eigenvalue weighted by molar-refractivity contribution is 6.03. The number of nitrogens with one attached hydrogen (secondary N) is 1. The van der Waals surface area contributed by atoms with Crippen molar-refractivity contribution in [2.45, 2.75) is 19.8 Å². The number of furan rings is 1. The standard InChI is InChI=1S/C23H21N3O3/c1-3-28-23(27)19-15(2)26-22(18-10-7-13-29-18)21(17-14-24-11-12-25-17)20(19)16-8-5-4-6-9-16/h4-14,20,26H,3H2,1-2H3. The van der Waals surface area contributed by atoms with Gasteiger partial charge < -0.3 is 14.5 Å². The largest absolute Gasteiger partial charge is 0.463 e. The first-order valence-corrected chi connectivity index (χ1v) is 9.45. The number of dihydropyridines is 1. The Kier molecular flexibility index (Phi) is 5.24. The quantitative estimate of drug-likeness (QED) is 0.663. The van der Waals surface area contributed by atoms with Crippen LogP contribution >= 0.6 is 0 Å². The Morgan fingerprint density at radius 3 is 2.66 bits per heavy atom. The van der Waals surface area contributed by atoms with Crippen molar-refractivity contribution in [3.05, 3.63) is 95.6 Å². The van der Waals surface area contributed by atoms with Gasteiger partial charge in [-0.25, -0.2) is 4.79 Å². The molecule has 1 unspecified atom stereocenters. The van der Waals surface area contributed by atoms with Gasteiger partial charge in [0.05, 0.1) is 36.0 Å². The van der Waals surface area contributed by atoms with Crippen LogP contribution in [0.1, 0.15) is 36.8 Å². The molecule has 0 amide bonds. The molecule has 1 N–H and O–H groups in total. The monoisotopic (exact) mass is 387 g/mol. The third kappa shape index (κ3) is 3.57. The molecule has 4 rings (SSSR count). The number of rotatable bonds is 5. The molecule has 6 nitrogen and oxygen atoms in total. The lowest BCUT2D eigenvalue weighted by Gasteiger charge is -2.31. The van der Waals surface area contributed by atoms with Crippen LogP contribution in [0, 0.1) is 0 Å². The maximum Gasteiger partial charge on any atom is 0.336 e. The number of esters is 1. The van der Waals surface area contributed by atoms with Crippen LogP contribution in [0.4, 0.5) is 0 Å². The Morgan fingerprint density at radius 1 is 1.17 bits per heavy atom. The highest BCUT2D eigenvalue weighted by Crippen LogP contribution is 2.45. The summed E-state index contributed by atoms with van der Waals surface area (Å²) >= 11 is 0. The van der Waals surface area contributed by atoms with Crippen molar-refractivity contribution in [3.63, 3.8) is 0 Å². The fraction of sp³-hybridized carbons (Fsp3) is 0.174. The summed E-state index contributed by atoms with van der Waals surface area (Å²) in [5, 5.41) is 3.35. The molecule has 1 aliphatic heterocycles. The van der Waals surface area contributed by atoms with Gasteiger partial charge in [0, 0.05) is 29.6 Å². The van der Waals surface area contributed by atoms with Gasteiger partial charge in [-0.2, -0.15) is 0 Å². The predicted octanol–water partition coefficient (Wildman–Crippen LogP) is 4.16. The molecule has 6 heteroatoms. The second kappa shape index (κ2) is 8.14. The van der Waals surface area contributed by atoms with Gasteiger partial charge in [0.1, 0.15) is 5.76 Å². The predicted molar refractivity (Wildman–Crippen MR) is 109 cm³/mol. The molecular formula is C23H21N3O3. The van der Waals surface area contributed by atoms with Crippen molar-refractivity contribution in [2.75, 3.05) is 6.61 Å². The van der Waals surface area contributed by atoms with Crippen LogP contribution in [-0.2, 0) is 9.53 Å². The zero-order valence-corrected chi connectivity index (χ0v) is 16.3. The molecule has 1 aromatic carbocycles. The Hall–Kier alpha value is -3.67. The molecule has 1 aliphatic rings. The number of allylic oxidation sites excluding steroid dienone is 2. The van der Waals surface area contributed by atoms with Crippen LogP contribution < -0.4 is 5.32 Å². The van der Waals surface area contributed by atoms with Crippen molar-refractivity contribution in [2.24, 2.45) is 0 Å². The SMILES string of the molecule is CCOC(=O)C1=C(C)NC(c2ccco2)=C(c2cnccn2)C1c1ccccc1. The third-order valence-corrected chi connectivity index (χ3v) is 4.80. The summed E-state index contributed by atoms with van der Waals surface area (Å²) in [6.07, 6.45) is 6.58. The number of ether oxygens (including phenoxy) is 1. The smallest absolute Gasteiger partial charge is 0.336 e. The van der Waals surface area contributed by atoms with Crippen LogP contribution in [0.5, 0.6) is 0 Å². The zero-order chi connectivity index (χ0) is 20.2. The van der Waals surface area contributed by atoms with E-state index in [0.717, 1.165) is 22.5 Å². The van der Waals surface area contributed by atoms with Crippen LogP contribution in [0.3, 0.4) is 0 Å². The van der Waals surface area contributed by atoms with Crippen molar-refractivity contribution in [1.82, 2.24) is 15.3 Å². The second-order valence-electron chi connectivity index (χ2n) is 6.58. The van der Waals surface area contributed by atoms with Crippen molar-refractivity contribution < 1.29 is 13.9 Å². The Labute approximate surface area is 169 Å². The van der Waals surface area contributed by atoms with Gasteiger partial charge in [0.2, 0.25) is 0 Å². The summed E-state index contributed by atoms with van der Waals surface area (Å²) < 4.78 is 11.1. The first-order chi connectivity index (χ1) is 14.2. The van der Waals surface area contributed by atoms with Crippen molar-refractivity contribution in [3.8, 4) is 0 Å². The van der Waals surface area contributed by atoms with Crippen LogP contribution in [0.15, 0.2) is 83.0 Å². The zero-order valence-electron chi connectivity index (χ0n) is 16.3. The maximum absolute atomic E-state index is 13.0. The van der Waals surface area contributed by atoms with E-state index in [4.69, 9.17) is 9.15 Å². The molecule has 146 valence electrons. The molecule has 0 spiro atoms. The van der Waals surface area contributed by atoms with E-state index in [1.165, 1.54) is 0 Å². The lowest BCUT2D eigenvalue weighted by molar-refractivity contribution is -0.138. The summed E-state index contributed by atoms with van der Waals surface area (Å²) in [7, 11) is 0. The van der Waals surface area contributed by atoms with Gasteiger partial charge in [0.15, 0.2) is 0 Å². The van der Waals surface area contributed by atoms with E-state index < -0.39 is 0 Å². The van der Waals surface area contributed by atoms with Crippen LogP contribution in [-0.4, -0.2) is 22.5 Å². The first kappa shape index (κ1) is 18.7. The lowest BCUT2D eigenvalue weighted by Crippen LogP contribution is -2.29. The average Bonchev–Trinajstić information content (AvgIpc) is 3.29. The number of aromatic nitrogens is 2. The van der Waals surface area contributed by atoms with Gasteiger partial charge >= 0.3 is 5.97 Å². The molecule has 0 fully saturated rings. The van der Waals surface area contributed by atoms with Crippen molar-refractivity contribution >= 4 is 17.2 Å². The second-order valence-corrected chi connectivity index (χ2v) is 6.58. The van der Waals surface area contributed by atoms with E-state index in [0.29, 0.717) is 23.6 Å². The molecule has 0 radical (unpaired) electrons. The van der Waals surface area contributed by atoms with Gasteiger partial charge in [0.25, 0.3) is 0 Å². The summed E-state index contributed by atoms with van der Waals surface area (Å²) in [6.45, 7) is 3.97. The number of benzene rings is 1. The summed E-state index contributed by atoms with van der Waals surface area (Å²) in [5.41, 5.74) is 4.46. The first-order valence-electron chi connectivity index (χ1n) is 9.45. The summed E-state index contributed by atoms with van der Waals surface area (Å²) in [4.78, 5) is 21.7. The summed E-state index contributed by atoms with van der Waals surface area (Å²) in [5.74, 6) is -0.0756. The van der Waals surface area contributed by atoms with Crippen LogP contribution in [0.2, 0.25) is 0 Å². The van der Waals surface area contributed by atoms with E-state index in [9.17, 15) is 4.79 Å². The topological polar surface area (TPSA) is 77.2 Å². The highest BCUT2D eigenvalue weighted by Gasteiger charge is 2.37. The molecule has 0 aliphatic carbocycles.